The van der Waals surface area contributed by atoms with Crippen LogP contribution < -0.4 is 10.1 Å². The maximum Gasteiger partial charge on any atom is 0.129 e. The predicted molar refractivity (Wildman–Crippen MR) is 96.2 cm³/mol. The highest BCUT2D eigenvalue weighted by Gasteiger charge is 2.24. The Labute approximate surface area is 137 Å². The highest BCUT2D eigenvalue weighted by atomic mass is 16.5. The van der Waals surface area contributed by atoms with Crippen molar-refractivity contribution in [2.75, 3.05) is 11.9 Å². The number of hydrogen-bond acceptors (Lipinski definition) is 2. The van der Waals surface area contributed by atoms with E-state index >= 15 is 0 Å². The Morgan fingerprint density at radius 1 is 1.00 bits per heavy atom. The lowest BCUT2D eigenvalue weighted by Gasteiger charge is -2.15. The van der Waals surface area contributed by atoms with Gasteiger partial charge < -0.3 is 10.1 Å². The Balaban J connectivity index is 1.75. The summed E-state index contributed by atoms with van der Waals surface area (Å²) in [5, 5.41) is 6.09. The van der Waals surface area contributed by atoms with Gasteiger partial charge in [0.05, 0.1) is 0 Å². The summed E-state index contributed by atoms with van der Waals surface area (Å²) in [5.74, 6) is 1.56. The van der Waals surface area contributed by atoms with E-state index in [-0.39, 0.29) is 0 Å². The summed E-state index contributed by atoms with van der Waals surface area (Å²) < 4.78 is 6.16. The van der Waals surface area contributed by atoms with Gasteiger partial charge in [-0.3, -0.25) is 0 Å². The van der Waals surface area contributed by atoms with Gasteiger partial charge in [0.1, 0.15) is 12.4 Å². The molecule has 2 nitrogen and oxygen atoms in total. The molecule has 4 rings (SSSR count). The molecule has 2 heteroatoms. The van der Waals surface area contributed by atoms with Gasteiger partial charge >= 0.3 is 0 Å². The van der Waals surface area contributed by atoms with E-state index in [4.69, 9.17) is 4.74 Å². The molecule has 1 atom stereocenters. The largest absolute Gasteiger partial charge is 0.488 e. The minimum Gasteiger partial charge on any atom is -0.488 e. The van der Waals surface area contributed by atoms with E-state index in [2.05, 4.69) is 54.7 Å². The summed E-state index contributed by atoms with van der Waals surface area (Å²) in [6.45, 7) is 3.88. The van der Waals surface area contributed by atoms with Crippen molar-refractivity contribution in [2.45, 2.75) is 25.9 Å². The first kappa shape index (κ1) is 14.1. The van der Waals surface area contributed by atoms with Crippen molar-refractivity contribution in [3.8, 4) is 5.75 Å². The Hall–Kier alpha value is -2.48. The zero-order valence-corrected chi connectivity index (χ0v) is 13.4. The molecule has 0 aromatic heterocycles. The minimum atomic E-state index is 0.595. The molecule has 23 heavy (non-hydrogen) atoms. The molecule has 1 heterocycles. The highest BCUT2D eigenvalue weighted by molar-refractivity contribution is 5.96. The molecular formula is C21H21NO. The van der Waals surface area contributed by atoms with E-state index in [1.165, 1.54) is 27.6 Å². The molecule has 3 aromatic rings. The third-order valence-corrected chi connectivity index (χ3v) is 4.73. The topological polar surface area (TPSA) is 21.3 Å². The van der Waals surface area contributed by atoms with E-state index < -0.39 is 0 Å². The van der Waals surface area contributed by atoms with Crippen molar-refractivity contribution < 1.29 is 4.74 Å². The molecule has 0 spiro atoms. The number of benzene rings is 3. The highest BCUT2D eigenvalue weighted by Crippen LogP contribution is 2.43. The zero-order valence-electron chi connectivity index (χ0n) is 13.4. The van der Waals surface area contributed by atoms with Gasteiger partial charge in [0.25, 0.3) is 0 Å². The van der Waals surface area contributed by atoms with E-state index in [1.54, 1.807) is 0 Å². The predicted octanol–water partition coefficient (Wildman–Crippen LogP) is 5.34. The monoisotopic (exact) mass is 303 g/mol. The molecule has 1 aliphatic heterocycles. The maximum absolute atomic E-state index is 6.16. The molecule has 3 aromatic carbocycles. The number of anilines is 1. The van der Waals surface area contributed by atoms with Crippen LogP contribution in [0.2, 0.25) is 0 Å². The van der Waals surface area contributed by atoms with Gasteiger partial charge in [0, 0.05) is 29.6 Å². The molecule has 0 radical (unpaired) electrons. The van der Waals surface area contributed by atoms with Gasteiger partial charge in [-0.2, -0.15) is 0 Å². The molecule has 1 aliphatic rings. The smallest absolute Gasteiger partial charge is 0.129 e. The summed E-state index contributed by atoms with van der Waals surface area (Å²) in [6.07, 6.45) is 1.16. The van der Waals surface area contributed by atoms with Gasteiger partial charge in [-0.05, 0) is 22.9 Å². The van der Waals surface area contributed by atoms with Crippen molar-refractivity contribution in [1.29, 1.82) is 0 Å². The molecule has 116 valence electrons. The van der Waals surface area contributed by atoms with Crippen LogP contribution in [0.1, 0.15) is 30.4 Å². The lowest BCUT2D eigenvalue weighted by atomic mass is 9.92. The molecule has 1 N–H and O–H groups in total. The second-order valence-electron chi connectivity index (χ2n) is 6.14. The van der Waals surface area contributed by atoms with Gasteiger partial charge in [-0.1, -0.05) is 61.5 Å². The summed E-state index contributed by atoms with van der Waals surface area (Å²) in [4.78, 5) is 0. The van der Waals surface area contributed by atoms with E-state index in [0.717, 1.165) is 18.7 Å². The van der Waals surface area contributed by atoms with Gasteiger partial charge in [0.15, 0.2) is 0 Å². The van der Waals surface area contributed by atoms with Crippen molar-refractivity contribution in [3.05, 3.63) is 71.8 Å². The summed E-state index contributed by atoms with van der Waals surface area (Å²) in [6, 6.07) is 21.1. The molecular weight excluding hydrogens is 282 g/mol. The number of ether oxygens (including phenoxy) is 1. The van der Waals surface area contributed by atoms with Crippen molar-refractivity contribution in [1.82, 2.24) is 0 Å². The van der Waals surface area contributed by atoms with Crippen LogP contribution >= 0.6 is 0 Å². The molecule has 0 fully saturated rings. The average Bonchev–Trinajstić information content (AvgIpc) is 3.04. The SMILES string of the molecule is CC[C@@H]1CNc2cc(OCc3ccccc3)c3ccccc3c21. The molecule has 0 saturated heterocycles. The van der Waals surface area contributed by atoms with Crippen LogP contribution in [0.3, 0.4) is 0 Å². The third kappa shape index (κ3) is 2.55. The minimum absolute atomic E-state index is 0.595. The maximum atomic E-state index is 6.16. The fourth-order valence-corrected chi connectivity index (χ4v) is 3.49. The van der Waals surface area contributed by atoms with Gasteiger partial charge in [-0.15, -0.1) is 0 Å². The van der Waals surface area contributed by atoms with Crippen LogP contribution in [0.25, 0.3) is 10.8 Å². The van der Waals surface area contributed by atoms with Crippen molar-refractivity contribution in [2.24, 2.45) is 0 Å². The standard InChI is InChI=1S/C21H21NO/c1-2-16-13-22-19-12-20(23-14-15-8-4-3-5-9-15)17-10-6-7-11-18(17)21(16)19/h3-12,16,22H,2,13-14H2,1H3/t16-/m1/s1. The summed E-state index contributed by atoms with van der Waals surface area (Å²) in [5.41, 5.74) is 3.88. The number of fused-ring (bicyclic) bond motifs is 3. The Morgan fingerprint density at radius 2 is 1.74 bits per heavy atom. The summed E-state index contributed by atoms with van der Waals surface area (Å²) >= 11 is 0. The number of nitrogens with one attached hydrogen (secondary N) is 1. The second kappa shape index (κ2) is 5.96. The third-order valence-electron chi connectivity index (χ3n) is 4.73. The first-order valence-electron chi connectivity index (χ1n) is 8.33. The molecule has 0 aliphatic carbocycles. The second-order valence-corrected chi connectivity index (χ2v) is 6.14. The molecule has 0 bridgehead atoms. The quantitative estimate of drug-likeness (QED) is 0.702. The van der Waals surface area contributed by atoms with E-state index in [0.29, 0.717) is 12.5 Å². The first-order chi connectivity index (χ1) is 11.4. The zero-order chi connectivity index (χ0) is 15.6. The van der Waals surface area contributed by atoms with Crippen LogP contribution in [0.5, 0.6) is 5.75 Å². The molecule has 0 unspecified atom stereocenters. The molecule has 0 saturated carbocycles. The van der Waals surface area contributed by atoms with Gasteiger partial charge in [-0.25, -0.2) is 0 Å². The fourth-order valence-electron chi connectivity index (χ4n) is 3.49. The first-order valence-corrected chi connectivity index (χ1v) is 8.33. The van der Waals surface area contributed by atoms with Gasteiger partial charge in [0.2, 0.25) is 0 Å². The van der Waals surface area contributed by atoms with E-state index in [9.17, 15) is 0 Å². The number of hydrogen-bond donors (Lipinski definition) is 1. The van der Waals surface area contributed by atoms with Crippen LogP contribution in [-0.4, -0.2) is 6.54 Å². The van der Waals surface area contributed by atoms with Crippen molar-refractivity contribution >= 4 is 16.5 Å². The van der Waals surface area contributed by atoms with Crippen LogP contribution in [0, 0.1) is 0 Å². The molecule has 0 amide bonds. The fraction of sp³-hybridized carbons (Fsp3) is 0.238. The van der Waals surface area contributed by atoms with Crippen LogP contribution in [0.4, 0.5) is 5.69 Å². The van der Waals surface area contributed by atoms with Crippen LogP contribution in [-0.2, 0) is 6.61 Å². The number of rotatable bonds is 4. The summed E-state index contributed by atoms with van der Waals surface area (Å²) in [7, 11) is 0. The normalized spacial score (nSPS) is 16.1. The van der Waals surface area contributed by atoms with Crippen molar-refractivity contribution in [3.63, 3.8) is 0 Å². The lowest BCUT2D eigenvalue weighted by Crippen LogP contribution is -1.99. The Bertz CT molecular complexity index is 826. The average molecular weight is 303 g/mol. The Morgan fingerprint density at radius 3 is 2.52 bits per heavy atom. The Kier molecular flexibility index (Phi) is 3.66. The lowest BCUT2D eigenvalue weighted by molar-refractivity contribution is 0.310. The van der Waals surface area contributed by atoms with Crippen LogP contribution in [0.15, 0.2) is 60.7 Å². The van der Waals surface area contributed by atoms with E-state index in [1.807, 2.05) is 18.2 Å².